The molecule has 1 saturated carbocycles. The highest BCUT2D eigenvalue weighted by atomic mass is 32.1. The molecular formula is C25H32N2O2S. The second kappa shape index (κ2) is 7.72. The zero-order valence-corrected chi connectivity index (χ0v) is 19.4. The van der Waals surface area contributed by atoms with E-state index in [1.54, 1.807) is 0 Å². The number of nitrogens with zero attached hydrogens (tertiary/aromatic N) is 1. The summed E-state index contributed by atoms with van der Waals surface area (Å²) in [4.78, 5) is 8.25. The average molecular weight is 425 g/mol. The Morgan fingerprint density at radius 2 is 2.17 bits per heavy atom. The normalized spacial score (nSPS) is 32.8. The largest absolute Gasteiger partial charge is 0.361 e. The summed E-state index contributed by atoms with van der Waals surface area (Å²) in [5.41, 5.74) is 3.48. The number of rotatable bonds is 6. The summed E-state index contributed by atoms with van der Waals surface area (Å²) in [6.07, 6.45) is 4.72. The molecule has 30 heavy (non-hydrogen) atoms. The van der Waals surface area contributed by atoms with Crippen molar-refractivity contribution in [1.82, 2.24) is 4.98 Å². The fraction of sp³-hybridized carbons (Fsp3) is 0.560. The van der Waals surface area contributed by atoms with Crippen molar-refractivity contribution in [2.24, 2.45) is 16.3 Å². The summed E-state index contributed by atoms with van der Waals surface area (Å²) < 4.78 is 12.2. The van der Waals surface area contributed by atoms with E-state index in [1.165, 1.54) is 22.0 Å². The van der Waals surface area contributed by atoms with E-state index in [1.807, 2.05) is 19.9 Å². The molecule has 5 heteroatoms. The van der Waals surface area contributed by atoms with Crippen molar-refractivity contribution in [3.05, 3.63) is 48.2 Å². The highest BCUT2D eigenvalue weighted by Gasteiger charge is 2.58. The van der Waals surface area contributed by atoms with E-state index in [0.29, 0.717) is 12.5 Å². The van der Waals surface area contributed by atoms with Crippen molar-refractivity contribution in [2.45, 2.75) is 70.8 Å². The Morgan fingerprint density at radius 3 is 2.83 bits per heavy atom. The second-order valence-corrected chi connectivity index (χ2v) is 9.63. The lowest BCUT2D eigenvalue weighted by Gasteiger charge is -2.56. The standard InChI is InChI=1S/C25H32N2O2S/c1-7-25(6)20(29-15(3)28-8-2)12-18-22(23(25)27-14-30)16-13-26-19-11-9-10-17(21(16)19)24(18,4)5/h7,9-11,13,15,18,20,22-23,26H,1,8,12H2,2-6H3/t15?,18-,20+,22-,23+,25-/m0/s1. The minimum Gasteiger partial charge on any atom is -0.361 e. The third-order valence-corrected chi connectivity index (χ3v) is 7.78. The van der Waals surface area contributed by atoms with Gasteiger partial charge in [0.2, 0.25) is 0 Å². The molecule has 1 heterocycles. The molecule has 160 valence electrons. The van der Waals surface area contributed by atoms with Crippen LogP contribution in [-0.2, 0) is 14.9 Å². The summed E-state index contributed by atoms with van der Waals surface area (Å²) in [5.74, 6) is 0.555. The van der Waals surface area contributed by atoms with E-state index in [0.717, 1.165) is 6.42 Å². The molecular weight excluding hydrogens is 392 g/mol. The van der Waals surface area contributed by atoms with Crippen LogP contribution in [0.5, 0.6) is 0 Å². The molecule has 2 aromatic rings. The molecule has 1 N–H and O–H groups in total. The maximum Gasteiger partial charge on any atom is 0.155 e. The number of aromatic amines is 1. The first kappa shape index (κ1) is 21.5. The molecule has 0 saturated heterocycles. The Balaban J connectivity index is 1.90. The van der Waals surface area contributed by atoms with Gasteiger partial charge in [-0.3, -0.25) is 0 Å². The lowest BCUT2D eigenvalue weighted by molar-refractivity contribution is -0.198. The molecule has 0 radical (unpaired) electrons. The Bertz CT molecular complexity index is 1010. The molecule has 0 amide bonds. The fourth-order valence-electron chi connectivity index (χ4n) is 6.01. The SMILES string of the molecule is C=C[C@]1(C)[C@H](N=C=S)[C@H]2c3c[nH]c4cccc(c34)C(C)(C)[C@H]2C[C@H]1OC(C)OCC. The highest BCUT2D eigenvalue weighted by molar-refractivity contribution is 7.78. The van der Waals surface area contributed by atoms with Crippen LogP contribution >= 0.6 is 12.2 Å². The third kappa shape index (κ3) is 3.03. The number of hydrogen-bond acceptors (Lipinski definition) is 4. The molecule has 1 fully saturated rings. The Hall–Kier alpha value is -1.78. The molecule has 0 spiro atoms. The predicted octanol–water partition coefficient (Wildman–Crippen LogP) is 5.99. The van der Waals surface area contributed by atoms with Gasteiger partial charge in [-0.1, -0.05) is 39.0 Å². The minimum absolute atomic E-state index is 0.0342. The van der Waals surface area contributed by atoms with Gasteiger partial charge < -0.3 is 14.5 Å². The van der Waals surface area contributed by atoms with Gasteiger partial charge in [-0.25, -0.2) is 4.99 Å². The zero-order chi connectivity index (χ0) is 21.7. The molecule has 2 aliphatic rings. The van der Waals surface area contributed by atoms with Crippen LogP contribution in [0, 0.1) is 11.3 Å². The third-order valence-electron chi connectivity index (χ3n) is 7.68. The molecule has 4 nitrogen and oxygen atoms in total. The van der Waals surface area contributed by atoms with Gasteiger partial charge in [-0.15, -0.1) is 6.58 Å². The number of benzene rings is 1. The number of fused-ring (bicyclic) bond motifs is 2. The van der Waals surface area contributed by atoms with Crippen LogP contribution in [0.1, 0.15) is 58.1 Å². The van der Waals surface area contributed by atoms with Crippen LogP contribution in [0.2, 0.25) is 0 Å². The quantitative estimate of drug-likeness (QED) is 0.268. The minimum atomic E-state index is -0.385. The summed E-state index contributed by atoms with van der Waals surface area (Å²) in [6, 6.07) is 6.47. The number of thiocarbonyl (C=S) groups is 1. The van der Waals surface area contributed by atoms with E-state index >= 15 is 0 Å². The van der Waals surface area contributed by atoms with Gasteiger partial charge in [0.15, 0.2) is 6.29 Å². The van der Waals surface area contributed by atoms with Gasteiger partial charge in [0.1, 0.15) is 0 Å². The number of aliphatic imine (C=N–C) groups is 1. The van der Waals surface area contributed by atoms with E-state index in [9.17, 15) is 0 Å². The topological polar surface area (TPSA) is 46.6 Å². The van der Waals surface area contributed by atoms with Crippen LogP contribution in [0.15, 0.2) is 42.0 Å². The van der Waals surface area contributed by atoms with Crippen LogP contribution in [-0.4, -0.2) is 35.2 Å². The molecule has 1 aromatic carbocycles. The number of nitrogens with one attached hydrogen (secondary N) is 1. The molecule has 4 rings (SSSR count). The van der Waals surface area contributed by atoms with Gasteiger partial charge in [0, 0.05) is 35.0 Å². The van der Waals surface area contributed by atoms with Crippen LogP contribution in [0.3, 0.4) is 0 Å². The Morgan fingerprint density at radius 1 is 1.40 bits per heavy atom. The van der Waals surface area contributed by atoms with Crippen LogP contribution in [0.4, 0.5) is 0 Å². The number of H-pyrrole nitrogens is 1. The first-order valence-electron chi connectivity index (χ1n) is 10.9. The predicted molar refractivity (Wildman–Crippen MR) is 125 cm³/mol. The van der Waals surface area contributed by atoms with Gasteiger partial charge in [-0.2, -0.15) is 0 Å². The molecule has 1 aromatic heterocycles. The van der Waals surface area contributed by atoms with Crippen LogP contribution in [0.25, 0.3) is 10.9 Å². The number of isothiocyanates is 1. The van der Waals surface area contributed by atoms with Crippen molar-refractivity contribution in [3.63, 3.8) is 0 Å². The lowest BCUT2D eigenvalue weighted by atomic mass is 9.50. The lowest BCUT2D eigenvalue weighted by Crippen LogP contribution is -2.57. The summed E-state index contributed by atoms with van der Waals surface area (Å²) >= 11 is 5.12. The summed E-state index contributed by atoms with van der Waals surface area (Å²) in [7, 11) is 0. The van der Waals surface area contributed by atoms with Gasteiger partial charge in [0.25, 0.3) is 0 Å². The molecule has 6 atom stereocenters. The average Bonchev–Trinajstić information content (AvgIpc) is 3.14. The van der Waals surface area contributed by atoms with E-state index in [4.69, 9.17) is 26.7 Å². The Kier molecular flexibility index (Phi) is 5.52. The van der Waals surface area contributed by atoms with Crippen molar-refractivity contribution < 1.29 is 9.47 Å². The maximum absolute atomic E-state index is 6.48. The fourth-order valence-corrected chi connectivity index (χ4v) is 6.12. The monoisotopic (exact) mass is 424 g/mol. The molecule has 1 unspecified atom stereocenters. The van der Waals surface area contributed by atoms with Crippen molar-refractivity contribution in [1.29, 1.82) is 0 Å². The number of aromatic nitrogens is 1. The van der Waals surface area contributed by atoms with E-state index < -0.39 is 0 Å². The maximum atomic E-state index is 6.48. The molecule has 0 aliphatic heterocycles. The van der Waals surface area contributed by atoms with Gasteiger partial charge in [0.05, 0.1) is 17.3 Å². The Labute approximate surface area is 184 Å². The van der Waals surface area contributed by atoms with Crippen LogP contribution < -0.4 is 0 Å². The first-order valence-corrected chi connectivity index (χ1v) is 11.3. The zero-order valence-electron chi connectivity index (χ0n) is 18.6. The van der Waals surface area contributed by atoms with Crippen molar-refractivity contribution in [2.75, 3.05) is 6.61 Å². The van der Waals surface area contributed by atoms with Gasteiger partial charge >= 0.3 is 0 Å². The van der Waals surface area contributed by atoms with Gasteiger partial charge in [-0.05, 0) is 61.0 Å². The summed E-state index contributed by atoms with van der Waals surface area (Å²) in [5, 5.41) is 4.03. The molecule has 0 bridgehead atoms. The van der Waals surface area contributed by atoms with E-state index in [-0.39, 0.29) is 35.2 Å². The van der Waals surface area contributed by atoms with E-state index in [2.05, 4.69) is 61.9 Å². The highest BCUT2D eigenvalue weighted by Crippen LogP contribution is 2.60. The van der Waals surface area contributed by atoms with Crippen molar-refractivity contribution in [3.8, 4) is 0 Å². The smallest absolute Gasteiger partial charge is 0.155 e. The number of ether oxygens (including phenoxy) is 2. The summed E-state index contributed by atoms with van der Waals surface area (Å²) in [6.45, 7) is 15.7. The molecule has 2 aliphatic carbocycles. The number of hydrogen-bond donors (Lipinski definition) is 1. The van der Waals surface area contributed by atoms with Crippen molar-refractivity contribution >= 4 is 28.3 Å². The first-order chi connectivity index (χ1) is 14.3. The second-order valence-electron chi connectivity index (χ2n) is 9.44.